The quantitative estimate of drug-likeness (QED) is 0.850. The van der Waals surface area contributed by atoms with Crippen LogP contribution < -0.4 is 0 Å². The van der Waals surface area contributed by atoms with E-state index in [1.54, 1.807) is 16.7 Å². The van der Waals surface area contributed by atoms with Crippen LogP contribution in [0.25, 0.3) is 0 Å². The lowest BCUT2D eigenvalue weighted by Gasteiger charge is -2.22. The third-order valence-electron chi connectivity index (χ3n) is 3.01. The molecule has 1 aliphatic rings. The van der Waals surface area contributed by atoms with Gasteiger partial charge in [0.15, 0.2) is 0 Å². The fourth-order valence-corrected chi connectivity index (χ4v) is 2.12. The van der Waals surface area contributed by atoms with Gasteiger partial charge in [0.1, 0.15) is 5.69 Å². The minimum Gasteiger partial charge on any atom is -0.477 e. The van der Waals surface area contributed by atoms with Gasteiger partial charge in [-0.3, -0.25) is 0 Å². The third kappa shape index (κ3) is 2.64. The maximum atomic E-state index is 10.9. The molecule has 0 radical (unpaired) electrons. The molecule has 4 heteroatoms. The minimum atomic E-state index is -0.866. The molecule has 1 fully saturated rings. The topological polar surface area (TPSA) is 51.5 Å². The standard InChI is InChI=1S/C12H17NO3/c14-12(15)11-5-3-7-13(11)8-6-10-4-1-2-9-16-10/h3,5,7,10H,1-2,4,6,8-9H2,(H,14,15). The maximum Gasteiger partial charge on any atom is 0.352 e. The van der Waals surface area contributed by atoms with Gasteiger partial charge in [-0.2, -0.15) is 0 Å². The zero-order valence-electron chi connectivity index (χ0n) is 9.26. The number of nitrogens with zero attached hydrogens (tertiary/aromatic N) is 1. The van der Waals surface area contributed by atoms with Crippen molar-refractivity contribution in [2.45, 2.75) is 38.3 Å². The van der Waals surface area contributed by atoms with Crippen molar-refractivity contribution in [2.24, 2.45) is 0 Å². The smallest absolute Gasteiger partial charge is 0.352 e. The molecule has 4 nitrogen and oxygen atoms in total. The molecule has 1 aromatic heterocycles. The Labute approximate surface area is 94.8 Å². The molecule has 0 aliphatic carbocycles. The molecule has 1 saturated heterocycles. The molecular formula is C12H17NO3. The fourth-order valence-electron chi connectivity index (χ4n) is 2.12. The van der Waals surface area contributed by atoms with Crippen LogP contribution >= 0.6 is 0 Å². The maximum absolute atomic E-state index is 10.9. The highest BCUT2D eigenvalue weighted by atomic mass is 16.5. The Hall–Kier alpha value is -1.29. The van der Waals surface area contributed by atoms with Gasteiger partial charge >= 0.3 is 5.97 Å². The van der Waals surface area contributed by atoms with E-state index in [9.17, 15) is 4.79 Å². The molecule has 1 aromatic rings. The van der Waals surface area contributed by atoms with Crippen LogP contribution in [0.2, 0.25) is 0 Å². The van der Waals surface area contributed by atoms with Gasteiger partial charge < -0.3 is 14.4 Å². The summed E-state index contributed by atoms with van der Waals surface area (Å²) in [6, 6.07) is 3.40. The lowest BCUT2D eigenvalue weighted by Crippen LogP contribution is -2.21. The second-order valence-electron chi connectivity index (χ2n) is 4.17. The molecule has 0 spiro atoms. The fraction of sp³-hybridized carbons (Fsp3) is 0.583. The first kappa shape index (κ1) is 11.2. The number of hydrogen-bond acceptors (Lipinski definition) is 2. The van der Waals surface area contributed by atoms with Gasteiger partial charge in [0.25, 0.3) is 0 Å². The average molecular weight is 223 g/mol. The number of aryl methyl sites for hydroxylation is 1. The van der Waals surface area contributed by atoms with Crippen molar-refractivity contribution in [1.29, 1.82) is 0 Å². The van der Waals surface area contributed by atoms with E-state index in [1.165, 1.54) is 6.42 Å². The van der Waals surface area contributed by atoms with Crippen LogP contribution in [0.4, 0.5) is 0 Å². The van der Waals surface area contributed by atoms with Gasteiger partial charge in [-0.1, -0.05) is 0 Å². The highest BCUT2D eigenvalue weighted by Gasteiger charge is 2.15. The van der Waals surface area contributed by atoms with Crippen LogP contribution in [-0.2, 0) is 11.3 Å². The number of hydrogen-bond donors (Lipinski definition) is 1. The normalized spacial score (nSPS) is 20.9. The Balaban J connectivity index is 1.88. The molecule has 1 unspecified atom stereocenters. The second-order valence-corrected chi connectivity index (χ2v) is 4.17. The number of aromatic carboxylic acids is 1. The second kappa shape index (κ2) is 5.16. The number of carbonyl (C=O) groups is 1. The summed E-state index contributed by atoms with van der Waals surface area (Å²) >= 11 is 0. The van der Waals surface area contributed by atoms with Crippen LogP contribution in [-0.4, -0.2) is 28.4 Å². The van der Waals surface area contributed by atoms with E-state index in [0.29, 0.717) is 11.8 Å². The van der Waals surface area contributed by atoms with Crippen molar-refractivity contribution in [3.63, 3.8) is 0 Å². The van der Waals surface area contributed by atoms with Crippen molar-refractivity contribution in [2.75, 3.05) is 6.61 Å². The van der Waals surface area contributed by atoms with Crippen molar-refractivity contribution < 1.29 is 14.6 Å². The molecule has 16 heavy (non-hydrogen) atoms. The Kier molecular flexibility index (Phi) is 3.62. The van der Waals surface area contributed by atoms with Gasteiger partial charge in [-0.05, 0) is 37.8 Å². The van der Waals surface area contributed by atoms with Gasteiger partial charge in [-0.25, -0.2) is 4.79 Å². The molecule has 0 saturated carbocycles. The van der Waals surface area contributed by atoms with E-state index < -0.39 is 5.97 Å². The Morgan fingerprint density at radius 3 is 3.12 bits per heavy atom. The number of carboxylic acids is 1. The molecule has 1 aliphatic heterocycles. The lowest BCUT2D eigenvalue weighted by atomic mass is 10.1. The largest absolute Gasteiger partial charge is 0.477 e. The summed E-state index contributed by atoms with van der Waals surface area (Å²) in [4.78, 5) is 10.9. The minimum absolute atomic E-state index is 0.304. The molecule has 1 N–H and O–H groups in total. The van der Waals surface area contributed by atoms with Crippen LogP contribution in [0.15, 0.2) is 18.3 Å². The Bertz CT molecular complexity index is 353. The lowest BCUT2D eigenvalue weighted by molar-refractivity contribution is 0.00860. The van der Waals surface area contributed by atoms with E-state index in [1.807, 2.05) is 6.20 Å². The summed E-state index contributed by atoms with van der Waals surface area (Å²) < 4.78 is 7.39. The molecule has 88 valence electrons. The van der Waals surface area contributed by atoms with E-state index in [2.05, 4.69) is 0 Å². The number of aromatic nitrogens is 1. The first-order valence-electron chi connectivity index (χ1n) is 5.77. The monoisotopic (exact) mass is 223 g/mol. The Morgan fingerprint density at radius 2 is 2.44 bits per heavy atom. The van der Waals surface area contributed by atoms with Crippen LogP contribution in [0.3, 0.4) is 0 Å². The zero-order chi connectivity index (χ0) is 11.4. The van der Waals surface area contributed by atoms with Crippen LogP contribution in [0.5, 0.6) is 0 Å². The molecule has 0 aromatic carbocycles. The summed E-state index contributed by atoms with van der Waals surface area (Å²) in [7, 11) is 0. The van der Waals surface area contributed by atoms with Gasteiger partial charge in [0.2, 0.25) is 0 Å². The van der Waals surface area contributed by atoms with Crippen molar-refractivity contribution in [3.05, 3.63) is 24.0 Å². The summed E-state index contributed by atoms with van der Waals surface area (Å²) in [6.07, 6.45) is 6.49. The molecule has 0 amide bonds. The van der Waals surface area contributed by atoms with Gasteiger partial charge in [-0.15, -0.1) is 0 Å². The first-order valence-corrected chi connectivity index (χ1v) is 5.77. The first-order chi connectivity index (χ1) is 7.77. The molecule has 2 heterocycles. The van der Waals surface area contributed by atoms with Gasteiger partial charge in [0, 0.05) is 19.3 Å². The summed E-state index contributed by atoms with van der Waals surface area (Å²) in [5.74, 6) is -0.866. The predicted molar refractivity (Wildman–Crippen MR) is 59.6 cm³/mol. The van der Waals surface area contributed by atoms with E-state index in [0.717, 1.165) is 32.4 Å². The van der Waals surface area contributed by atoms with Crippen molar-refractivity contribution in [3.8, 4) is 0 Å². The molecule has 1 atom stereocenters. The molecular weight excluding hydrogens is 206 g/mol. The number of rotatable bonds is 4. The Morgan fingerprint density at radius 1 is 1.56 bits per heavy atom. The highest BCUT2D eigenvalue weighted by molar-refractivity contribution is 5.85. The zero-order valence-corrected chi connectivity index (χ0v) is 9.26. The average Bonchev–Trinajstić information content (AvgIpc) is 2.76. The molecule has 0 bridgehead atoms. The van der Waals surface area contributed by atoms with Crippen molar-refractivity contribution in [1.82, 2.24) is 4.57 Å². The van der Waals surface area contributed by atoms with E-state index in [-0.39, 0.29) is 0 Å². The van der Waals surface area contributed by atoms with Crippen molar-refractivity contribution >= 4 is 5.97 Å². The highest BCUT2D eigenvalue weighted by Crippen LogP contribution is 2.16. The number of carboxylic acid groups (broad SMARTS) is 1. The third-order valence-corrected chi connectivity index (χ3v) is 3.01. The van der Waals surface area contributed by atoms with Crippen LogP contribution in [0, 0.1) is 0 Å². The predicted octanol–water partition coefficient (Wildman–Crippen LogP) is 2.15. The summed E-state index contributed by atoms with van der Waals surface area (Å²) in [5, 5.41) is 8.94. The van der Waals surface area contributed by atoms with E-state index >= 15 is 0 Å². The summed E-state index contributed by atoms with van der Waals surface area (Å²) in [5.41, 5.74) is 0.357. The number of ether oxygens (including phenoxy) is 1. The van der Waals surface area contributed by atoms with Gasteiger partial charge in [0.05, 0.1) is 6.10 Å². The molecule has 2 rings (SSSR count). The summed E-state index contributed by atoms with van der Waals surface area (Å²) in [6.45, 7) is 1.57. The van der Waals surface area contributed by atoms with E-state index in [4.69, 9.17) is 9.84 Å². The van der Waals surface area contributed by atoms with Crippen LogP contribution in [0.1, 0.15) is 36.2 Å². The SMILES string of the molecule is O=C(O)c1cccn1CCC1CCCCO1.